The number of nitriles is 1. The van der Waals surface area contributed by atoms with E-state index in [0.29, 0.717) is 0 Å². The first kappa shape index (κ1) is 14.6. The molecule has 0 spiro atoms. The second kappa shape index (κ2) is 5.32. The van der Waals surface area contributed by atoms with Crippen LogP contribution in [0.15, 0.2) is 23.8 Å². The highest BCUT2D eigenvalue weighted by molar-refractivity contribution is 5.70. The number of amides is 1. The Labute approximate surface area is 120 Å². The number of allylic oxidation sites excluding steroid dienone is 2. The Hall–Kier alpha value is -1.76. The van der Waals surface area contributed by atoms with Crippen LogP contribution in [0.25, 0.3) is 0 Å². The van der Waals surface area contributed by atoms with E-state index in [1.807, 2.05) is 32.9 Å². The molecule has 108 valence electrons. The summed E-state index contributed by atoms with van der Waals surface area (Å²) < 4.78 is 5.35. The minimum Gasteiger partial charge on any atom is -0.444 e. The summed E-state index contributed by atoms with van der Waals surface area (Å²) in [7, 11) is 0. The number of carbonyl (C=O) groups excluding carboxylic acids is 1. The van der Waals surface area contributed by atoms with Gasteiger partial charge in [-0.15, -0.1) is 0 Å². The van der Waals surface area contributed by atoms with E-state index in [2.05, 4.69) is 17.5 Å². The Balaban J connectivity index is 2.04. The zero-order chi connectivity index (χ0) is 14.8. The molecular formula is C16H22N2O2. The van der Waals surface area contributed by atoms with E-state index in [0.717, 1.165) is 31.3 Å². The van der Waals surface area contributed by atoms with E-state index >= 15 is 0 Å². The van der Waals surface area contributed by atoms with Crippen molar-refractivity contribution in [2.75, 3.05) is 0 Å². The maximum Gasteiger partial charge on any atom is 0.408 e. The Morgan fingerprint density at radius 3 is 2.60 bits per heavy atom. The predicted molar refractivity (Wildman–Crippen MR) is 76.9 cm³/mol. The van der Waals surface area contributed by atoms with Gasteiger partial charge in [-0.05, 0) is 52.0 Å². The van der Waals surface area contributed by atoms with E-state index in [1.165, 1.54) is 0 Å². The molecule has 20 heavy (non-hydrogen) atoms. The van der Waals surface area contributed by atoms with Crippen LogP contribution < -0.4 is 5.32 Å². The van der Waals surface area contributed by atoms with Gasteiger partial charge >= 0.3 is 6.09 Å². The van der Waals surface area contributed by atoms with Gasteiger partial charge in [-0.2, -0.15) is 5.26 Å². The van der Waals surface area contributed by atoms with Crippen molar-refractivity contribution < 1.29 is 9.53 Å². The van der Waals surface area contributed by atoms with Crippen LogP contribution in [0, 0.1) is 17.2 Å². The fourth-order valence-corrected chi connectivity index (χ4v) is 2.59. The monoisotopic (exact) mass is 274 g/mol. The maximum atomic E-state index is 12.0. The summed E-state index contributed by atoms with van der Waals surface area (Å²) in [5, 5.41) is 11.9. The highest BCUT2D eigenvalue weighted by Crippen LogP contribution is 2.40. The van der Waals surface area contributed by atoms with Crippen molar-refractivity contribution in [2.45, 2.75) is 57.6 Å². The van der Waals surface area contributed by atoms with Gasteiger partial charge in [0, 0.05) is 0 Å². The average molecular weight is 274 g/mol. The van der Waals surface area contributed by atoms with Crippen LogP contribution >= 0.6 is 0 Å². The third kappa shape index (κ3) is 3.22. The zero-order valence-corrected chi connectivity index (χ0v) is 12.4. The molecule has 4 nitrogen and oxygen atoms in total. The molecule has 1 amide bonds. The number of alkyl carbamates (subject to hydrolysis) is 1. The van der Waals surface area contributed by atoms with Crippen molar-refractivity contribution in [3.05, 3.63) is 23.8 Å². The largest absolute Gasteiger partial charge is 0.444 e. The SMILES string of the molecule is CC(C)(C)OC(=O)NC1(C2=CCC(C#N)C=C2)CCC1. The first-order valence-electron chi connectivity index (χ1n) is 7.14. The van der Waals surface area contributed by atoms with Crippen LogP contribution in [0.5, 0.6) is 0 Å². The molecular weight excluding hydrogens is 252 g/mol. The summed E-state index contributed by atoms with van der Waals surface area (Å²) in [6.45, 7) is 5.58. The Morgan fingerprint density at radius 2 is 2.20 bits per heavy atom. The van der Waals surface area contributed by atoms with Crippen molar-refractivity contribution in [1.82, 2.24) is 5.32 Å². The normalized spacial score (nSPS) is 24.1. The first-order chi connectivity index (χ1) is 9.35. The molecule has 1 unspecified atom stereocenters. The summed E-state index contributed by atoms with van der Waals surface area (Å²) in [5.74, 6) is -0.0441. The van der Waals surface area contributed by atoms with Crippen LogP contribution in [0.2, 0.25) is 0 Å². The van der Waals surface area contributed by atoms with Crippen molar-refractivity contribution in [3.8, 4) is 6.07 Å². The molecule has 1 fully saturated rings. The lowest BCUT2D eigenvalue weighted by Crippen LogP contribution is -2.55. The van der Waals surface area contributed by atoms with E-state index in [4.69, 9.17) is 10.00 Å². The standard InChI is InChI=1S/C16H22N2O2/c1-15(2,3)20-14(19)18-16(9-4-10-16)13-7-5-12(11-17)6-8-13/h5,7-8,12H,4,6,9-10H2,1-3H3,(H,18,19). The molecule has 0 heterocycles. The molecule has 0 bridgehead atoms. The Morgan fingerprint density at radius 1 is 1.50 bits per heavy atom. The Kier molecular flexibility index (Phi) is 3.89. The molecule has 2 aliphatic rings. The van der Waals surface area contributed by atoms with Gasteiger partial charge in [0.25, 0.3) is 0 Å². The number of rotatable bonds is 2. The van der Waals surface area contributed by atoms with Gasteiger partial charge in [0.1, 0.15) is 5.60 Å². The Bertz CT molecular complexity index is 488. The molecule has 0 radical (unpaired) electrons. The lowest BCUT2D eigenvalue weighted by molar-refractivity contribution is 0.0424. The molecule has 1 N–H and O–H groups in total. The van der Waals surface area contributed by atoms with Crippen molar-refractivity contribution in [3.63, 3.8) is 0 Å². The van der Waals surface area contributed by atoms with Crippen molar-refractivity contribution in [1.29, 1.82) is 5.26 Å². The van der Waals surface area contributed by atoms with Gasteiger partial charge in [0.15, 0.2) is 0 Å². The average Bonchev–Trinajstić information content (AvgIpc) is 2.32. The molecule has 1 saturated carbocycles. The lowest BCUT2D eigenvalue weighted by atomic mass is 9.69. The van der Waals surface area contributed by atoms with E-state index < -0.39 is 5.60 Å². The zero-order valence-electron chi connectivity index (χ0n) is 12.4. The van der Waals surface area contributed by atoms with E-state index in [1.54, 1.807) is 0 Å². The van der Waals surface area contributed by atoms with Crippen molar-refractivity contribution in [2.24, 2.45) is 5.92 Å². The predicted octanol–water partition coefficient (Wildman–Crippen LogP) is 3.46. The number of nitrogens with zero attached hydrogens (tertiary/aromatic N) is 1. The highest BCUT2D eigenvalue weighted by atomic mass is 16.6. The van der Waals surface area contributed by atoms with Gasteiger partial charge in [-0.25, -0.2) is 4.79 Å². The summed E-state index contributed by atoms with van der Waals surface area (Å²) in [5.41, 5.74) is 0.331. The van der Waals surface area contributed by atoms with Gasteiger partial charge < -0.3 is 10.1 Å². The maximum absolute atomic E-state index is 12.0. The third-order valence-corrected chi connectivity index (χ3v) is 3.77. The van der Waals surface area contributed by atoms with Crippen LogP contribution in [-0.2, 0) is 4.74 Å². The summed E-state index contributed by atoms with van der Waals surface area (Å²) >= 11 is 0. The molecule has 1 atom stereocenters. The lowest BCUT2D eigenvalue weighted by Gasteiger charge is -2.44. The fraction of sp³-hybridized carbons (Fsp3) is 0.625. The second-order valence-electron chi connectivity index (χ2n) is 6.55. The minimum atomic E-state index is -0.488. The molecule has 0 aromatic rings. The van der Waals surface area contributed by atoms with E-state index in [9.17, 15) is 4.79 Å². The van der Waals surface area contributed by atoms with Gasteiger partial charge in [0.05, 0.1) is 17.5 Å². The van der Waals surface area contributed by atoms with E-state index in [-0.39, 0.29) is 17.6 Å². The molecule has 4 heteroatoms. The second-order valence-corrected chi connectivity index (χ2v) is 6.55. The molecule has 2 rings (SSSR count). The molecule has 0 aromatic heterocycles. The highest BCUT2D eigenvalue weighted by Gasteiger charge is 2.42. The van der Waals surface area contributed by atoms with Gasteiger partial charge in [-0.3, -0.25) is 0 Å². The fourth-order valence-electron chi connectivity index (χ4n) is 2.59. The van der Waals surface area contributed by atoms with Crippen LogP contribution in [0.3, 0.4) is 0 Å². The topological polar surface area (TPSA) is 62.1 Å². The molecule has 2 aliphatic carbocycles. The number of hydrogen-bond donors (Lipinski definition) is 1. The third-order valence-electron chi connectivity index (χ3n) is 3.77. The smallest absolute Gasteiger partial charge is 0.408 e. The quantitative estimate of drug-likeness (QED) is 0.838. The number of hydrogen-bond acceptors (Lipinski definition) is 3. The van der Waals surface area contributed by atoms with Gasteiger partial charge in [-0.1, -0.05) is 18.2 Å². The van der Waals surface area contributed by atoms with Gasteiger partial charge in [0.2, 0.25) is 0 Å². The summed E-state index contributed by atoms with van der Waals surface area (Å²) in [6, 6.07) is 2.24. The number of ether oxygens (including phenoxy) is 1. The molecule has 0 saturated heterocycles. The van der Waals surface area contributed by atoms with Crippen LogP contribution in [0.1, 0.15) is 46.5 Å². The number of nitrogens with one attached hydrogen (secondary N) is 1. The summed E-state index contributed by atoms with van der Waals surface area (Å²) in [6.07, 6.45) is 9.29. The number of carbonyl (C=O) groups is 1. The summed E-state index contributed by atoms with van der Waals surface area (Å²) in [4.78, 5) is 12.0. The molecule has 0 aliphatic heterocycles. The first-order valence-corrected chi connectivity index (χ1v) is 7.14. The van der Waals surface area contributed by atoms with Crippen LogP contribution in [-0.4, -0.2) is 17.2 Å². The molecule has 0 aromatic carbocycles. The van der Waals surface area contributed by atoms with Crippen molar-refractivity contribution >= 4 is 6.09 Å². The minimum absolute atomic E-state index is 0.0441. The van der Waals surface area contributed by atoms with Crippen LogP contribution in [0.4, 0.5) is 4.79 Å².